The van der Waals surface area contributed by atoms with Crippen molar-refractivity contribution in [3.05, 3.63) is 59.7 Å². The number of carbonyl (C=O) groups is 2. The van der Waals surface area contributed by atoms with Crippen molar-refractivity contribution < 1.29 is 19.1 Å². The van der Waals surface area contributed by atoms with E-state index in [1.807, 2.05) is 24.3 Å². The van der Waals surface area contributed by atoms with Crippen molar-refractivity contribution in [1.29, 1.82) is 0 Å². The molecule has 1 N–H and O–H groups in total. The maximum absolute atomic E-state index is 12.5. The number of hydrogen-bond donors (Lipinski definition) is 1. The third kappa shape index (κ3) is 4.36. The first-order valence-corrected chi connectivity index (χ1v) is 10.1. The normalized spacial score (nSPS) is 19.4. The average Bonchev–Trinajstić information content (AvgIpc) is 3.38. The van der Waals surface area contributed by atoms with Gasteiger partial charge in [-0.25, -0.2) is 0 Å². The molecule has 152 valence electrons. The maximum atomic E-state index is 12.5. The minimum absolute atomic E-state index is 0.00425. The fraction of sp³-hybridized carbons (Fsp3) is 0.391. The number of amides is 2. The van der Waals surface area contributed by atoms with Crippen LogP contribution >= 0.6 is 0 Å². The van der Waals surface area contributed by atoms with Gasteiger partial charge in [-0.2, -0.15) is 0 Å². The molecule has 1 unspecified atom stereocenters. The molecule has 2 aromatic rings. The molecule has 6 nitrogen and oxygen atoms in total. The number of nitrogens with one attached hydrogen (secondary N) is 1. The fourth-order valence-corrected chi connectivity index (χ4v) is 4.04. The Morgan fingerprint density at radius 3 is 2.55 bits per heavy atom. The molecule has 1 saturated carbocycles. The van der Waals surface area contributed by atoms with Crippen molar-refractivity contribution in [2.24, 2.45) is 0 Å². The third-order valence-electron chi connectivity index (χ3n) is 5.65. The van der Waals surface area contributed by atoms with Crippen LogP contribution in [0.3, 0.4) is 0 Å². The molecule has 0 bridgehead atoms. The molecule has 2 aliphatic rings. The Kier molecular flexibility index (Phi) is 5.69. The minimum Gasteiger partial charge on any atom is -0.493 e. The van der Waals surface area contributed by atoms with Crippen molar-refractivity contribution in [3.8, 4) is 11.5 Å². The van der Waals surface area contributed by atoms with E-state index < -0.39 is 0 Å². The summed E-state index contributed by atoms with van der Waals surface area (Å²) in [4.78, 5) is 24.8. The van der Waals surface area contributed by atoms with E-state index in [9.17, 15) is 9.59 Å². The van der Waals surface area contributed by atoms with E-state index in [2.05, 4.69) is 5.43 Å². The van der Waals surface area contributed by atoms with E-state index in [-0.39, 0.29) is 23.8 Å². The van der Waals surface area contributed by atoms with Gasteiger partial charge in [-0.3, -0.25) is 20.0 Å². The summed E-state index contributed by atoms with van der Waals surface area (Å²) in [7, 11) is 1.64. The molecule has 1 saturated heterocycles. The number of nitrogens with zero attached hydrogens (tertiary/aromatic N) is 1. The lowest BCUT2D eigenvalue weighted by Gasteiger charge is -2.20. The second-order valence-corrected chi connectivity index (χ2v) is 7.65. The van der Waals surface area contributed by atoms with Gasteiger partial charge in [0.2, 0.25) is 5.91 Å². The predicted molar refractivity (Wildman–Crippen MR) is 109 cm³/mol. The number of methoxy groups -OCH3 is 1. The smallest absolute Gasteiger partial charge is 0.269 e. The van der Waals surface area contributed by atoms with Gasteiger partial charge in [0.1, 0.15) is 0 Å². The van der Waals surface area contributed by atoms with Gasteiger partial charge in [0, 0.05) is 24.4 Å². The fourth-order valence-electron chi connectivity index (χ4n) is 4.04. The van der Waals surface area contributed by atoms with Crippen molar-refractivity contribution >= 4 is 11.8 Å². The predicted octanol–water partition coefficient (Wildman–Crippen LogP) is 3.68. The van der Waals surface area contributed by atoms with E-state index >= 15 is 0 Å². The molecule has 4 rings (SSSR count). The molecule has 0 radical (unpaired) electrons. The largest absolute Gasteiger partial charge is 0.493 e. The molecular weight excluding hydrogens is 368 g/mol. The van der Waals surface area contributed by atoms with Crippen LogP contribution in [0.1, 0.15) is 53.9 Å². The van der Waals surface area contributed by atoms with Gasteiger partial charge in [-0.05, 0) is 55.5 Å². The minimum atomic E-state index is -0.278. The van der Waals surface area contributed by atoms with Crippen LogP contribution in [0, 0.1) is 0 Å². The lowest BCUT2D eigenvalue weighted by atomic mass is 9.98. The van der Waals surface area contributed by atoms with Crippen LogP contribution in [0.4, 0.5) is 0 Å². The summed E-state index contributed by atoms with van der Waals surface area (Å²) in [5, 5.41) is 1.42. The van der Waals surface area contributed by atoms with Crippen molar-refractivity contribution in [2.75, 3.05) is 13.7 Å². The molecule has 0 spiro atoms. The Labute approximate surface area is 170 Å². The number of rotatable bonds is 6. The monoisotopic (exact) mass is 394 g/mol. The summed E-state index contributed by atoms with van der Waals surface area (Å²) in [6.07, 6.45) is 5.10. The average molecular weight is 394 g/mol. The number of benzene rings is 2. The highest BCUT2D eigenvalue weighted by molar-refractivity contribution is 5.95. The van der Waals surface area contributed by atoms with E-state index in [0.717, 1.165) is 24.2 Å². The molecule has 6 heteroatoms. The van der Waals surface area contributed by atoms with Gasteiger partial charge in [0.05, 0.1) is 13.2 Å². The summed E-state index contributed by atoms with van der Waals surface area (Å²) in [5.41, 5.74) is 4.27. The highest BCUT2D eigenvalue weighted by Gasteiger charge is 2.32. The molecule has 1 atom stereocenters. The van der Waals surface area contributed by atoms with Crippen LogP contribution < -0.4 is 14.9 Å². The first-order chi connectivity index (χ1) is 14.1. The number of carbonyl (C=O) groups excluding carboxylic acids is 2. The van der Waals surface area contributed by atoms with Crippen molar-refractivity contribution in [1.82, 2.24) is 10.4 Å². The zero-order valence-electron chi connectivity index (χ0n) is 16.6. The number of hydrogen-bond acceptors (Lipinski definition) is 4. The summed E-state index contributed by atoms with van der Waals surface area (Å²) in [6.45, 7) is 0.437. The second kappa shape index (κ2) is 8.55. The van der Waals surface area contributed by atoms with Crippen LogP contribution in [0.15, 0.2) is 48.5 Å². The van der Waals surface area contributed by atoms with Crippen molar-refractivity contribution in [2.45, 2.75) is 44.1 Å². The number of ether oxygens (including phenoxy) is 2. The summed E-state index contributed by atoms with van der Waals surface area (Å²) in [5.74, 6) is 1.07. The van der Waals surface area contributed by atoms with Gasteiger partial charge in [0.15, 0.2) is 11.5 Å². The van der Waals surface area contributed by atoms with Gasteiger partial charge in [-0.15, -0.1) is 0 Å². The zero-order valence-corrected chi connectivity index (χ0v) is 16.6. The Morgan fingerprint density at radius 2 is 1.83 bits per heavy atom. The standard InChI is InChI=1S/C23H26N2O4/c1-28-20-12-11-17(13-21(20)29-19-9-5-6-10-19)18-14-22(26)25(15-18)24-23(27)16-7-3-2-4-8-16/h2-4,7-8,11-13,18-19H,5-6,9-10,14-15H2,1H3,(H,24,27). The molecule has 2 aromatic carbocycles. The lowest BCUT2D eigenvalue weighted by Crippen LogP contribution is -2.43. The summed E-state index contributed by atoms with van der Waals surface area (Å²) >= 11 is 0. The molecular formula is C23H26N2O4. The van der Waals surface area contributed by atoms with E-state index in [1.165, 1.54) is 17.9 Å². The Bertz CT molecular complexity index is 878. The quantitative estimate of drug-likeness (QED) is 0.812. The SMILES string of the molecule is COc1ccc(C2CC(=O)N(NC(=O)c3ccccc3)C2)cc1OC1CCCC1. The highest BCUT2D eigenvalue weighted by Crippen LogP contribution is 2.36. The topological polar surface area (TPSA) is 67.9 Å². The molecule has 1 heterocycles. The molecule has 29 heavy (non-hydrogen) atoms. The van der Waals surface area contributed by atoms with Gasteiger partial charge >= 0.3 is 0 Å². The maximum Gasteiger partial charge on any atom is 0.269 e. The van der Waals surface area contributed by atoms with Crippen molar-refractivity contribution in [3.63, 3.8) is 0 Å². The molecule has 2 amide bonds. The van der Waals surface area contributed by atoms with E-state index in [4.69, 9.17) is 9.47 Å². The third-order valence-corrected chi connectivity index (χ3v) is 5.65. The van der Waals surface area contributed by atoms with Gasteiger partial charge in [-0.1, -0.05) is 24.3 Å². The Hall–Kier alpha value is -3.02. The van der Waals surface area contributed by atoms with Crippen LogP contribution in [0.2, 0.25) is 0 Å². The van der Waals surface area contributed by atoms with Gasteiger partial charge in [0.25, 0.3) is 5.91 Å². The Morgan fingerprint density at radius 1 is 1.07 bits per heavy atom. The van der Waals surface area contributed by atoms with Crippen LogP contribution in [-0.4, -0.2) is 36.6 Å². The highest BCUT2D eigenvalue weighted by atomic mass is 16.5. The molecule has 1 aliphatic carbocycles. The van der Waals surface area contributed by atoms with Crippen LogP contribution in [-0.2, 0) is 4.79 Å². The molecule has 0 aromatic heterocycles. The lowest BCUT2D eigenvalue weighted by molar-refractivity contribution is -0.129. The first kappa shape index (κ1) is 19.3. The molecule has 2 fully saturated rings. The van der Waals surface area contributed by atoms with Crippen LogP contribution in [0.25, 0.3) is 0 Å². The van der Waals surface area contributed by atoms with E-state index in [1.54, 1.807) is 31.4 Å². The number of hydrazine groups is 1. The molecule has 1 aliphatic heterocycles. The second-order valence-electron chi connectivity index (χ2n) is 7.65. The van der Waals surface area contributed by atoms with E-state index in [0.29, 0.717) is 24.3 Å². The summed E-state index contributed by atoms with van der Waals surface area (Å²) < 4.78 is 11.6. The van der Waals surface area contributed by atoms with Gasteiger partial charge < -0.3 is 9.47 Å². The summed E-state index contributed by atoms with van der Waals surface area (Å²) in [6, 6.07) is 14.8. The Balaban J connectivity index is 1.46. The van der Waals surface area contributed by atoms with Crippen LogP contribution in [0.5, 0.6) is 11.5 Å². The first-order valence-electron chi connectivity index (χ1n) is 10.1. The zero-order chi connectivity index (χ0) is 20.2.